The normalized spacial score (nSPS) is 49.2. The van der Waals surface area contributed by atoms with E-state index in [1.165, 1.54) is 19.3 Å². The van der Waals surface area contributed by atoms with E-state index in [0.717, 1.165) is 12.8 Å². The van der Waals surface area contributed by atoms with Gasteiger partial charge in [-0.05, 0) is 42.9 Å². The van der Waals surface area contributed by atoms with E-state index < -0.39 is 5.60 Å². The molecule has 96 valence electrons. The maximum absolute atomic E-state index is 11.0. The van der Waals surface area contributed by atoms with Crippen LogP contribution in [0.1, 0.15) is 59.8 Å². The minimum atomic E-state index is -0.909. The van der Waals surface area contributed by atoms with E-state index in [-0.39, 0.29) is 11.3 Å². The molecule has 0 heterocycles. The van der Waals surface area contributed by atoms with E-state index in [9.17, 15) is 5.11 Å². The molecule has 0 amide bonds. The molecule has 0 aromatic rings. The standard InChI is InChI=1S/C16H26O/c1-6-16(17)12(2)8-9-13-14(3,4)10-7-11-15(13,16)5/h1,12-13,17H,7-11H2,2-5H3. The zero-order valence-electron chi connectivity index (χ0n) is 11.7. The molecule has 2 aliphatic carbocycles. The van der Waals surface area contributed by atoms with E-state index in [1.54, 1.807) is 0 Å². The van der Waals surface area contributed by atoms with Crippen molar-refractivity contribution in [3.63, 3.8) is 0 Å². The van der Waals surface area contributed by atoms with E-state index in [2.05, 4.69) is 33.6 Å². The van der Waals surface area contributed by atoms with Crippen molar-refractivity contribution >= 4 is 0 Å². The molecule has 4 unspecified atom stereocenters. The van der Waals surface area contributed by atoms with Crippen LogP contribution in [-0.4, -0.2) is 10.7 Å². The Morgan fingerprint density at radius 3 is 2.41 bits per heavy atom. The highest BCUT2D eigenvalue weighted by molar-refractivity contribution is 5.22. The van der Waals surface area contributed by atoms with Gasteiger partial charge in [0.1, 0.15) is 5.60 Å². The van der Waals surface area contributed by atoms with Crippen LogP contribution in [0.2, 0.25) is 0 Å². The van der Waals surface area contributed by atoms with E-state index in [4.69, 9.17) is 6.42 Å². The Balaban J connectivity index is 2.47. The average Bonchev–Trinajstić information content (AvgIpc) is 2.24. The molecule has 2 saturated carbocycles. The Morgan fingerprint density at radius 1 is 1.18 bits per heavy atom. The van der Waals surface area contributed by atoms with Crippen molar-refractivity contribution in [1.29, 1.82) is 0 Å². The van der Waals surface area contributed by atoms with Crippen LogP contribution in [-0.2, 0) is 0 Å². The molecule has 0 bridgehead atoms. The topological polar surface area (TPSA) is 20.2 Å². The molecule has 2 rings (SSSR count). The lowest BCUT2D eigenvalue weighted by molar-refractivity contribution is -0.176. The van der Waals surface area contributed by atoms with Crippen molar-refractivity contribution in [1.82, 2.24) is 0 Å². The Labute approximate surface area is 106 Å². The Kier molecular flexibility index (Phi) is 2.86. The Bertz CT molecular complexity index is 351. The summed E-state index contributed by atoms with van der Waals surface area (Å²) in [6.07, 6.45) is 11.5. The molecule has 2 fully saturated rings. The van der Waals surface area contributed by atoms with Gasteiger partial charge < -0.3 is 5.11 Å². The van der Waals surface area contributed by atoms with Crippen LogP contribution >= 0.6 is 0 Å². The fraction of sp³-hybridized carbons (Fsp3) is 0.875. The van der Waals surface area contributed by atoms with Crippen LogP contribution < -0.4 is 0 Å². The number of rotatable bonds is 0. The first-order valence-corrected chi connectivity index (χ1v) is 6.98. The van der Waals surface area contributed by atoms with Crippen LogP contribution in [0.3, 0.4) is 0 Å². The summed E-state index contributed by atoms with van der Waals surface area (Å²) in [4.78, 5) is 0. The lowest BCUT2D eigenvalue weighted by Crippen LogP contribution is -2.61. The van der Waals surface area contributed by atoms with Gasteiger partial charge in [0.2, 0.25) is 0 Å². The van der Waals surface area contributed by atoms with Gasteiger partial charge in [0.05, 0.1) is 0 Å². The molecule has 2 aliphatic rings. The van der Waals surface area contributed by atoms with Gasteiger partial charge >= 0.3 is 0 Å². The highest BCUT2D eigenvalue weighted by Crippen LogP contribution is 2.62. The van der Waals surface area contributed by atoms with Crippen LogP contribution in [0.25, 0.3) is 0 Å². The highest BCUT2D eigenvalue weighted by Gasteiger charge is 2.60. The lowest BCUT2D eigenvalue weighted by atomic mass is 9.45. The SMILES string of the molecule is C#CC1(O)C(C)CCC2C(C)(C)CCCC21C. The van der Waals surface area contributed by atoms with Crippen LogP contribution in [0.5, 0.6) is 0 Å². The largest absolute Gasteiger partial charge is 0.377 e. The lowest BCUT2D eigenvalue weighted by Gasteiger charge is -2.61. The van der Waals surface area contributed by atoms with Crippen molar-refractivity contribution < 1.29 is 5.11 Å². The van der Waals surface area contributed by atoms with Crippen molar-refractivity contribution in [3.05, 3.63) is 0 Å². The van der Waals surface area contributed by atoms with E-state index >= 15 is 0 Å². The average molecular weight is 234 g/mol. The number of fused-ring (bicyclic) bond motifs is 1. The highest BCUT2D eigenvalue weighted by atomic mass is 16.3. The van der Waals surface area contributed by atoms with Gasteiger partial charge in [-0.25, -0.2) is 0 Å². The van der Waals surface area contributed by atoms with Gasteiger partial charge in [0.15, 0.2) is 0 Å². The van der Waals surface area contributed by atoms with E-state index in [1.807, 2.05) is 0 Å². The minimum absolute atomic E-state index is 0.0961. The Hall–Kier alpha value is -0.480. The number of hydrogen-bond acceptors (Lipinski definition) is 1. The van der Waals surface area contributed by atoms with Gasteiger partial charge in [-0.3, -0.25) is 0 Å². The minimum Gasteiger partial charge on any atom is -0.377 e. The molecule has 0 saturated heterocycles. The third-order valence-corrected chi connectivity index (χ3v) is 5.92. The van der Waals surface area contributed by atoms with Gasteiger partial charge in [-0.1, -0.05) is 40.0 Å². The van der Waals surface area contributed by atoms with Crippen LogP contribution in [0.15, 0.2) is 0 Å². The van der Waals surface area contributed by atoms with E-state index in [0.29, 0.717) is 11.3 Å². The van der Waals surface area contributed by atoms with Crippen molar-refractivity contribution in [2.24, 2.45) is 22.7 Å². The smallest absolute Gasteiger partial charge is 0.133 e. The van der Waals surface area contributed by atoms with Gasteiger partial charge in [0.25, 0.3) is 0 Å². The zero-order valence-corrected chi connectivity index (χ0v) is 11.7. The molecule has 1 N–H and O–H groups in total. The zero-order chi connectivity index (χ0) is 12.9. The first-order valence-electron chi connectivity index (χ1n) is 6.98. The molecule has 0 radical (unpaired) electrons. The summed E-state index contributed by atoms with van der Waals surface area (Å²) >= 11 is 0. The summed E-state index contributed by atoms with van der Waals surface area (Å²) in [7, 11) is 0. The molecule has 0 aromatic heterocycles. The summed E-state index contributed by atoms with van der Waals surface area (Å²) in [5.41, 5.74) is -0.688. The molecular formula is C16H26O. The second kappa shape index (κ2) is 3.75. The molecule has 4 atom stereocenters. The molecule has 0 aliphatic heterocycles. The number of aliphatic hydroxyl groups is 1. The second-order valence-electron chi connectivity index (χ2n) is 7.20. The molecule has 0 aromatic carbocycles. The molecule has 1 heteroatoms. The molecule has 17 heavy (non-hydrogen) atoms. The summed E-state index contributed by atoms with van der Waals surface area (Å²) in [5.74, 6) is 3.54. The van der Waals surface area contributed by atoms with Gasteiger partial charge in [-0.2, -0.15) is 0 Å². The Morgan fingerprint density at radius 2 is 1.82 bits per heavy atom. The third-order valence-electron chi connectivity index (χ3n) is 5.92. The molecule has 1 nitrogen and oxygen atoms in total. The predicted molar refractivity (Wildman–Crippen MR) is 71.4 cm³/mol. The van der Waals surface area contributed by atoms with Crippen molar-refractivity contribution in [2.45, 2.75) is 65.4 Å². The summed E-state index contributed by atoms with van der Waals surface area (Å²) in [6, 6.07) is 0. The maximum atomic E-state index is 11.0. The summed E-state index contributed by atoms with van der Waals surface area (Å²) in [5, 5.41) is 11.0. The van der Waals surface area contributed by atoms with Crippen molar-refractivity contribution in [3.8, 4) is 12.3 Å². The monoisotopic (exact) mass is 234 g/mol. The summed E-state index contributed by atoms with van der Waals surface area (Å²) < 4.78 is 0. The van der Waals surface area contributed by atoms with Gasteiger partial charge in [0, 0.05) is 5.41 Å². The van der Waals surface area contributed by atoms with Gasteiger partial charge in [-0.15, -0.1) is 6.42 Å². The fourth-order valence-electron chi connectivity index (χ4n) is 4.78. The fourth-order valence-corrected chi connectivity index (χ4v) is 4.78. The quantitative estimate of drug-likeness (QED) is 0.635. The van der Waals surface area contributed by atoms with Crippen molar-refractivity contribution in [2.75, 3.05) is 0 Å². The second-order valence-corrected chi connectivity index (χ2v) is 7.20. The van der Waals surface area contributed by atoms with Crippen LogP contribution in [0.4, 0.5) is 0 Å². The number of terminal acetylenes is 1. The van der Waals surface area contributed by atoms with Crippen LogP contribution in [0, 0.1) is 35.0 Å². The third kappa shape index (κ3) is 1.57. The maximum Gasteiger partial charge on any atom is 0.133 e. The summed E-state index contributed by atoms with van der Waals surface area (Å²) in [6.45, 7) is 9.04. The molecular weight excluding hydrogens is 208 g/mol. The first-order chi connectivity index (χ1) is 7.78. The predicted octanol–water partition coefficient (Wildman–Crippen LogP) is 3.61. The molecule has 0 spiro atoms. The first kappa shape index (κ1) is 13.0. The number of hydrogen-bond donors (Lipinski definition) is 1.